The summed E-state index contributed by atoms with van der Waals surface area (Å²) in [5, 5.41) is 0.704. The van der Waals surface area contributed by atoms with Gasteiger partial charge in [0.15, 0.2) is 0 Å². The van der Waals surface area contributed by atoms with Gasteiger partial charge >= 0.3 is 0 Å². The van der Waals surface area contributed by atoms with Crippen LogP contribution in [0.2, 0.25) is 5.02 Å². The maximum atomic E-state index is 12.2. The van der Waals surface area contributed by atoms with Crippen LogP contribution in [0.5, 0.6) is 0 Å². The summed E-state index contributed by atoms with van der Waals surface area (Å²) >= 11 is 6.11. The van der Waals surface area contributed by atoms with Crippen molar-refractivity contribution in [1.82, 2.24) is 4.90 Å². The fourth-order valence-electron chi connectivity index (χ4n) is 1.86. The Morgan fingerprint density at radius 1 is 1.44 bits per heavy atom. The predicted octanol–water partition coefficient (Wildman–Crippen LogP) is 2.67. The van der Waals surface area contributed by atoms with E-state index in [-0.39, 0.29) is 11.8 Å². The summed E-state index contributed by atoms with van der Waals surface area (Å²) in [5.74, 6) is 0.111. The maximum Gasteiger partial charge on any atom is 0.225 e. The third kappa shape index (κ3) is 4.00. The van der Waals surface area contributed by atoms with Gasteiger partial charge in [-0.1, -0.05) is 36.7 Å². The molecule has 0 saturated heterocycles. The summed E-state index contributed by atoms with van der Waals surface area (Å²) in [6.45, 7) is 5.67. The van der Waals surface area contributed by atoms with Crippen molar-refractivity contribution in [2.24, 2.45) is 11.7 Å². The number of carbonyl (C=O) groups is 1. The zero-order valence-corrected chi connectivity index (χ0v) is 11.8. The Balaban J connectivity index is 2.73. The van der Waals surface area contributed by atoms with E-state index in [9.17, 15) is 4.79 Å². The van der Waals surface area contributed by atoms with E-state index < -0.39 is 0 Å². The smallest absolute Gasteiger partial charge is 0.225 e. The van der Waals surface area contributed by atoms with Crippen LogP contribution in [0.15, 0.2) is 24.3 Å². The first-order chi connectivity index (χ1) is 8.60. The first-order valence-electron chi connectivity index (χ1n) is 6.32. The van der Waals surface area contributed by atoms with Crippen LogP contribution in [0.1, 0.15) is 25.8 Å². The van der Waals surface area contributed by atoms with E-state index in [2.05, 4.69) is 0 Å². The highest BCUT2D eigenvalue weighted by atomic mass is 35.5. The van der Waals surface area contributed by atoms with Gasteiger partial charge in [0.2, 0.25) is 5.91 Å². The lowest BCUT2D eigenvalue weighted by Gasteiger charge is -2.24. The van der Waals surface area contributed by atoms with Crippen molar-refractivity contribution in [2.45, 2.75) is 26.8 Å². The van der Waals surface area contributed by atoms with Gasteiger partial charge in [0, 0.05) is 24.0 Å². The topological polar surface area (TPSA) is 46.3 Å². The number of hydrogen-bond acceptors (Lipinski definition) is 2. The molecule has 4 heteroatoms. The number of nitrogens with zero attached hydrogens (tertiary/aromatic N) is 1. The average molecular weight is 269 g/mol. The summed E-state index contributed by atoms with van der Waals surface area (Å²) in [7, 11) is 0. The maximum absolute atomic E-state index is 12.2. The molecule has 100 valence electrons. The van der Waals surface area contributed by atoms with Crippen molar-refractivity contribution < 1.29 is 4.79 Å². The Kier molecular flexibility index (Phi) is 6.16. The van der Waals surface area contributed by atoms with Crippen LogP contribution in [-0.2, 0) is 11.3 Å². The van der Waals surface area contributed by atoms with Gasteiger partial charge in [-0.05, 0) is 31.5 Å². The molecule has 0 heterocycles. The SMILES string of the molecule is CCN(Cc1ccccc1Cl)C(=O)C(C)CCN. The highest BCUT2D eigenvalue weighted by Gasteiger charge is 2.19. The second kappa shape index (κ2) is 7.39. The molecule has 1 unspecified atom stereocenters. The molecule has 0 saturated carbocycles. The Morgan fingerprint density at radius 3 is 2.67 bits per heavy atom. The molecule has 0 aliphatic rings. The number of hydrogen-bond donors (Lipinski definition) is 1. The van der Waals surface area contributed by atoms with E-state index in [1.54, 1.807) is 0 Å². The molecule has 0 fully saturated rings. The van der Waals surface area contributed by atoms with Crippen LogP contribution >= 0.6 is 11.6 Å². The molecule has 0 radical (unpaired) electrons. The zero-order valence-electron chi connectivity index (χ0n) is 11.0. The quantitative estimate of drug-likeness (QED) is 0.862. The Hall–Kier alpha value is -1.06. The predicted molar refractivity (Wildman–Crippen MR) is 75.4 cm³/mol. The number of amides is 1. The normalized spacial score (nSPS) is 12.2. The number of carbonyl (C=O) groups excluding carboxylic acids is 1. The minimum absolute atomic E-state index is 0.0302. The Bertz CT molecular complexity index is 395. The van der Waals surface area contributed by atoms with Crippen molar-refractivity contribution in [3.05, 3.63) is 34.9 Å². The van der Waals surface area contributed by atoms with Gasteiger partial charge < -0.3 is 10.6 Å². The fourth-order valence-corrected chi connectivity index (χ4v) is 2.06. The Morgan fingerprint density at radius 2 is 2.11 bits per heavy atom. The number of halogens is 1. The minimum Gasteiger partial charge on any atom is -0.338 e. The van der Waals surface area contributed by atoms with E-state index in [1.165, 1.54) is 0 Å². The lowest BCUT2D eigenvalue weighted by Crippen LogP contribution is -2.35. The largest absolute Gasteiger partial charge is 0.338 e. The standard InChI is InChI=1S/C14H21ClN2O/c1-3-17(14(18)11(2)8-9-16)10-12-6-4-5-7-13(12)15/h4-7,11H,3,8-10,16H2,1-2H3. The summed E-state index contributed by atoms with van der Waals surface area (Å²) in [4.78, 5) is 14.0. The molecule has 0 bridgehead atoms. The van der Waals surface area contributed by atoms with Crippen LogP contribution in [0.25, 0.3) is 0 Å². The second-order valence-electron chi connectivity index (χ2n) is 4.42. The molecule has 1 rings (SSSR count). The first kappa shape index (κ1) is 15.0. The molecule has 3 nitrogen and oxygen atoms in total. The fraction of sp³-hybridized carbons (Fsp3) is 0.500. The zero-order chi connectivity index (χ0) is 13.5. The number of rotatable bonds is 6. The monoisotopic (exact) mass is 268 g/mol. The van der Waals surface area contributed by atoms with Gasteiger partial charge in [0.1, 0.15) is 0 Å². The third-order valence-corrected chi connectivity index (χ3v) is 3.40. The van der Waals surface area contributed by atoms with Gasteiger partial charge in [-0.25, -0.2) is 0 Å². The van der Waals surface area contributed by atoms with Crippen LogP contribution in [-0.4, -0.2) is 23.9 Å². The molecule has 18 heavy (non-hydrogen) atoms. The molecule has 1 aromatic carbocycles. The highest BCUT2D eigenvalue weighted by Crippen LogP contribution is 2.18. The molecule has 0 aromatic heterocycles. The van der Waals surface area contributed by atoms with Crippen LogP contribution < -0.4 is 5.73 Å². The Labute approximate surface area is 114 Å². The van der Waals surface area contributed by atoms with Crippen LogP contribution in [0.4, 0.5) is 0 Å². The molecule has 0 spiro atoms. The lowest BCUT2D eigenvalue weighted by atomic mass is 10.1. The van der Waals surface area contributed by atoms with Gasteiger partial charge in [0.05, 0.1) is 0 Å². The van der Waals surface area contributed by atoms with Crippen LogP contribution in [0, 0.1) is 5.92 Å². The van der Waals surface area contributed by atoms with E-state index in [0.717, 1.165) is 12.0 Å². The summed E-state index contributed by atoms with van der Waals surface area (Å²) in [5.41, 5.74) is 6.47. The van der Waals surface area contributed by atoms with E-state index in [1.807, 2.05) is 43.0 Å². The van der Waals surface area contributed by atoms with Crippen LogP contribution in [0.3, 0.4) is 0 Å². The van der Waals surface area contributed by atoms with Crippen molar-refractivity contribution in [2.75, 3.05) is 13.1 Å². The molecule has 1 aromatic rings. The molecule has 1 amide bonds. The molecular formula is C14H21ClN2O. The van der Waals surface area contributed by atoms with Crippen molar-refractivity contribution >= 4 is 17.5 Å². The number of nitrogens with two attached hydrogens (primary N) is 1. The summed E-state index contributed by atoms with van der Waals surface area (Å²) < 4.78 is 0. The molecule has 2 N–H and O–H groups in total. The van der Waals surface area contributed by atoms with E-state index >= 15 is 0 Å². The number of benzene rings is 1. The second-order valence-corrected chi connectivity index (χ2v) is 4.83. The van der Waals surface area contributed by atoms with Crippen molar-refractivity contribution in [3.63, 3.8) is 0 Å². The first-order valence-corrected chi connectivity index (χ1v) is 6.70. The average Bonchev–Trinajstić information content (AvgIpc) is 2.37. The summed E-state index contributed by atoms with van der Waals surface area (Å²) in [6, 6.07) is 7.62. The van der Waals surface area contributed by atoms with Gasteiger partial charge in [-0.3, -0.25) is 4.79 Å². The molecule has 0 aliphatic carbocycles. The van der Waals surface area contributed by atoms with Crippen molar-refractivity contribution in [1.29, 1.82) is 0 Å². The van der Waals surface area contributed by atoms with E-state index in [0.29, 0.717) is 24.7 Å². The van der Waals surface area contributed by atoms with E-state index in [4.69, 9.17) is 17.3 Å². The van der Waals surface area contributed by atoms with Gasteiger partial charge in [-0.15, -0.1) is 0 Å². The summed E-state index contributed by atoms with van der Waals surface area (Å²) in [6.07, 6.45) is 0.720. The van der Waals surface area contributed by atoms with Gasteiger partial charge in [0.25, 0.3) is 0 Å². The molecule has 0 aliphatic heterocycles. The minimum atomic E-state index is -0.0302. The highest BCUT2D eigenvalue weighted by molar-refractivity contribution is 6.31. The van der Waals surface area contributed by atoms with Gasteiger partial charge in [-0.2, -0.15) is 0 Å². The molecular weight excluding hydrogens is 248 g/mol. The molecule has 1 atom stereocenters. The lowest BCUT2D eigenvalue weighted by molar-refractivity contribution is -0.135. The van der Waals surface area contributed by atoms with Crippen molar-refractivity contribution in [3.8, 4) is 0 Å². The third-order valence-electron chi connectivity index (χ3n) is 3.03.